The van der Waals surface area contributed by atoms with Gasteiger partial charge in [-0.25, -0.2) is 15.0 Å². The van der Waals surface area contributed by atoms with Crippen LogP contribution in [0.2, 0.25) is 0 Å². The lowest BCUT2D eigenvalue weighted by Crippen LogP contribution is -2.19. The molecule has 0 aliphatic carbocycles. The average molecular weight is 281 g/mol. The quantitative estimate of drug-likeness (QED) is 0.787. The number of aromatic nitrogens is 4. The summed E-state index contributed by atoms with van der Waals surface area (Å²) in [6, 6.07) is 9.51. The highest BCUT2D eigenvalue weighted by Gasteiger charge is 2.20. The molecule has 3 rings (SSSR count). The SMILES string of the molecule is CC(=O)C(Cc1ccccc1)n1cnc2c(N)ncnc21. The highest BCUT2D eigenvalue weighted by molar-refractivity contribution is 5.85. The lowest BCUT2D eigenvalue weighted by molar-refractivity contribution is -0.120. The molecule has 2 heterocycles. The molecule has 0 bridgehead atoms. The number of nitrogens with zero attached hydrogens (tertiary/aromatic N) is 4. The molecule has 0 aliphatic rings. The zero-order chi connectivity index (χ0) is 14.8. The molecule has 0 aliphatic heterocycles. The highest BCUT2D eigenvalue weighted by Crippen LogP contribution is 2.22. The van der Waals surface area contributed by atoms with E-state index in [1.54, 1.807) is 17.8 Å². The van der Waals surface area contributed by atoms with Crippen LogP contribution in [0.1, 0.15) is 18.5 Å². The zero-order valence-electron chi connectivity index (χ0n) is 11.6. The van der Waals surface area contributed by atoms with E-state index < -0.39 is 0 Å². The number of benzene rings is 1. The van der Waals surface area contributed by atoms with Gasteiger partial charge in [0.2, 0.25) is 0 Å². The molecule has 6 heteroatoms. The molecule has 3 aromatic rings. The van der Waals surface area contributed by atoms with Crippen molar-refractivity contribution in [3.05, 3.63) is 48.5 Å². The summed E-state index contributed by atoms with van der Waals surface area (Å²) in [5.74, 6) is 0.371. The number of Topliss-reactive ketones (excluding diaryl/α,β-unsaturated/α-hetero) is 1. The Kier molecular flexibility index (Phi) is 3.35. The van der Waals surface area contributed by atoms with E-state index >= 15 is 0 Å². The normalized spacial score (nSPS) is 12.4. The van der Waals surface area contributed by atoms with Crippen LogP contribution >= 0.6 is 0 Å². The van der Waals surface area contributed by atoms with E-state index in [1.165, 1.54) is 6.33 Å². The number of hydrogen-bond donors (Lipinski definition) is 1. The Balaban J connectivity index is 2.04. The van der Waals surface area contributed by atoms with Gasteiger partial charge in [0.15, 0.2) is 17.2 Å². The predicted molar refractivity (Wildman–Crippen MR) is 79.6 cm³/mol. The van der Waals surface area contributed by atoms with Gasteiger partial charge in [0.1, 0.15) is 11.8 Å². The summed E-state index contributed by atoms with van der Waals surface area (Å²) in [5, 5.41) is 0. The van der Waals surface area contributed by atoms with Crippen molar-refractivity contribution < 1.29 is 4.79 Å². The summed E-state index contributed by atoms with van der Waals surface area (Å²) in [7, 11) is 0. The van der Waals surface area contributed by atoms with E-state index in [2.05, 4.69) is 15.0 Å². The standard InChI is InChI=1S/C15H15N5O/c1-10(21)12(7-11-5-3-2-4-6-11)20-9-19-13-14(16)17-8-18-15(13)20/h2-6,8-9,12H,7H2,1H3,(H2,16,17,18). The van der Waals surface area contributed by atoms with Crippen molar-refractivity contribution in [2.75, 3.05) is 5.73 Å². The van der Waals surface area contributed by atoms with Crippen LogP contribution in [-0.4, -0.2) is 25.3 Å². The van der Waals surface area contributed by atoms with E-state index in [4.69, 9.17) is 5.73 Å². The van der Waals surface area contributed by atoms with Crippen LogP contribution in [0.3, 0.4) is 0 Å². The molecule has 0 amide bonds. The summed E-state index contributed by atoms with van der Waals surface area (Å²) in [5.41, 5.74) is 7.98. The second-order valence-electron chi connectivity index (χ2n) is 4.90. The smallest absolute Gasteiger partial charge is 0.166 e. The first-order chi connectivity index (χ1) is 10.2. The van der Waals surface area contributed by atoms with Gasteiger partial charge in [-0.2, -0.15) is 0 Å². The Hall–Kier alpha value is -2.76. The Morgan fingerprint density at radius 3 is 2.71 bits per heavy atom. The number of carbonyl (C=O) groups excluding carboxylic acids is 1. The van der Waals surface area contributed by atoms with Gasteiger partial charge in [0.05, 0.1) is 12.4 Å². The molecule has 106 valence electrons. The van der Waals surface area contributed by atoms with Gasteiger partial charge in [-0.1, -0.05) is 30.3 Å². The van der Waals surface area contributed by atoms with Crippen LogP contribution in [0.4, 0.5) is 5.82 Å². The maximum atomic E-state index is 12.1. The molecule has 2 aromatic heterocycles. The largest absolute Gasteiger partial charge is 0.382 e. The third kappa shape index (κ3) is 2.47. The number of carbonyl (C=O) groups is 1. The van der Waals surface area contributed by atoms with E-state index in [1.807, 2.05) is 30.3 Å². The van der Waals surface area contributed by atoms with Crippen molar-refractivity contribution in [1.29, 1.82) is 0 Å². The molecule has 0 saturated heterocycles. The number of ketones is 1. The molecule has 21 heavy (non-hydrogen) atoms. The topological polar surface area (TPSA) is 86.7 Å². The van der Waals surface area contributed by atoms with Crippen molar-refractivity contribution in [2.24, 2.45) is 0 Å². The maximum Gasteiger partial charge on any atom is 0.166 e. The highest BCUT2D eigenvalue weighted by atomic mass is 16.1. The predicted octanol–water partition coefficient (Wildman–Crippen LogP) is 1.78. The molecule has 6 nitrogen and oxygen atoms in total. The van der Waals surface area contributed by atoms with Crippen molar-refractivity contribution in [3.8, 4) is 0 Å². The van der Waals surface area contributed by atoms with Crippen molar-refractivity contribution in [2.45, 2.75) is 19.4 Å². The van der Waals surface area contributed by atoms with Gasteiger partial charge < -0.3 is 10.3 Å². The number of nitrogens with two attached hydrogens (primary N) is 1. The minimum Gasteiger partial charge on any atom is -0.382 e. The van der Waals surface area contributed by atoms with Gasteiger partial charge in [0.25, 0.3) is 0 Å². The number of nitrogen functional groups attached to an aromatic ring is 1. The Labute approximate surface area is 121 Å². The fraction of sp³-hybridized carbons (Fsp3) is 0.200. The molecule has 1 unspecified atom stereocenters. The monoisotopic (exact) mass is 281 g/mol. The maximum absolute atomic E-state index is 12.1. The van der Waals surface area contributed by atoms with Crippen LogP contribution < -0.4 is 5.73 Å². The first kappa shape index (κ1) is 13.2. The number of imidazole rings is 1. The molecule has 0 saturated carbocycles. The first-order valence-electron chi connectivity index (χ1n) is 6.64. The Morgan fingerprint density at radius 2 is 2.00 bits per heavy atom. The van der Waals surface area contributed by atoms with Crippen LogP contribution in [0.5, 0.6) is 0 Å². The molecule has 0 radical (unpaired) electrons. The van der Waals surface area contributed by atoms with E-state index in [0.717, 1.165) is 5.56 Å². The van der Waals surface area contributed by atoms with Crippen LogP contribution in [0, 0.1) is 0 Å². The van der Waals surface area contributed by atoms with Crippen LogP contribution in [0.25, 0.3) is 11.2 Å². The zero-order valence-corrected chi connectivity index (χ0v) is 11.6. The summed E-state index contributed by atoms with van der Waals surface area (Å²) < 4.78 is 1.77. The third-order valence-electron chi connectivity index (χ3n) is 3.46. The number of hydrogen-bond acceptors (Lipinski definition) is 5. The fourth-order valence-electron chi connectivity index (χ4n) is 2.37. The van der Waals surface area contributed by atoms with Gasteiger partial charge in [0, 0.05) is 6.42 Å². The van der Waals surface area contributed by atoms with Gasteiger partial charge in [-0.3, -0.25) is 4.79 Å². The van der Waals surface area contributed by atoms with Crippen molar-refractivity contribution >= 4 is 22.8 Å². The number of rotatable bonds is 4. The summed E-state index contributed by atoms with van der Waals surface area (Å²) >= 11 is 0. The summed E-state index contributed by atoms with van der Waals surface area (Å²) in [6.45, 7) is 1.57. The van der Waals surface area contributed by atoms with Crippen molar-refractivity contribution in [3.63, 3.8) is 0 Å². The Morgan fingerprint density at radius 1 is 1.24 bits per heavy atom. The van der Waals surface area contributed by atoms with E-state index in [9.17, 15) is 4.79 Å². The molecule has 1 atom stereocenters. The third-order valence-corrected chi connectivity index (χ3v) is 3.46. The fourth-order valence-corrected chi connectivity index (χ4v) is 2.37. The molecule has 0 fully saturated rings. The second kappa shape index (κ2) is 5.32. The Bertz CT molecular complexity index is 781. The summed E-state index contributed by atoms with van der Waals surface area (Å²) in [4.78, 5) is 24.4. The number of fused-ring (bicyclic) bond motifs is 1. The summed E-state index contributed by atoms with van der Waals surface area (Å²) in [6.07, 6.45) is 3.58. The second-order valence-corrected chi connectivity index (χ2v) is 4.90. The van der Waals surface area contributed by atoms with Gasteiger partial charge in [-0.05, 0) is 12.5 Å². The van der Waals surface area contributed by atoms with Gasteiger partial charge >= 0.3 is 0 Å². The average Bonchev–Trinajstić information content (AvgIpc) is 2.91. The van der Waals surface area contributed by atoms with Gasteiger partial charge in [-0.15, -0.1) is 0 Å². The molecular weight excluding hydrogens is 266 g/mol. The van der Waals surface area contributed by atoms with Crippen LogP contribution in [0.15, 0.2) is 43.0 Å². The van der Waals surface area contributed by atoms with Crippen molar-refractivity contribution in [1.82, 2.24) is 19.5 Å². The minimum absolute atomic E-state index is 0.0512. The first-order valence-corrected chi connectivity index (χ1v) is 6.64. The molecule has 0 spiro atoms. The molecular formula is C15H15N5O. The van der Waals surface area contributed by atoms with E-state index in [0.29, 0.717) is 23.4 Å². The lowest BCUT2D eigenvalue weighted by atomic mass is 10.0. The van der Waals surface area contributed by atoms with Crippen LogP contribution in [-0.2, 0) is 11.2 Å². The molecule has 1 aromatic carbocycles. The lowest BCUT2D eigenvalue weighted by Gasteiger charge is -2.16. The van der Waals surface area contributed by atoms with E-state index in [-0.39, 0.29) is 11.8 Å². The molecule has 2 N–H and O–H groups in total. The number of anilines is 1. The minimum atomic E-state index is -0.355.